The number of hydrogen-bond donors (Lipinski definition) is 3. The summed E-state index contributed by atoms with van der Waals surface area (Å²) in [6.45, 7) is 0.442. The second kappa shape index (κ2) is 7.78. The van der Waals surface area contributed by atoms with E-state index in [0.717, 1.165) is 12.3 Å². The fourth-order valence-electron chi connectivity index (χ4n) is 1.93. The van der Waals surface area contributed by atoms with Crippen LogP contribution in [0.25, 0.3) is 0 Å². The van der Waals surface area contributed by atoms with E-state index in [2.05, 4.69) is 15.6 Å². The molecule has 1 aromatic carbocycles. The van der Waals surface area contributed by atoms with Crippen molar-refractivity contribution in [3.63, 3.8) is 0 Å². The third-order valence-electron chi connectivity index (χ3n) is 3.18. The molecule has 128 valence electrons. The number of carbonyl (C=O) groups excluding carboxylic acids is 1. The van der Waals surface area contributed by atoms with E-state index < -0.39 is 23.8 Å². The number of nitrogens with zero attached hydrogens (tertiary/aromatic N) is 1. The van der Waals surface area contributed by atoms with E-state index in [4.69, 9.17) is 0 Å². The Hall–Kier alpha value is -2.61. The Bertz CT molecular complexity index is 661. The molecule has 0 saturated heterocycles. The maximum Gasteiger partial charge on any atom is 0.417 e. The lowest BCUT2D eigenvalue weighted by molar-refractivity contribution is -0.137. The van der Waals surface area contributed by atoms with Crippen molar-refractivity contribution < 1.29 is 23.1 Å². The fourth-order valence-corrected chi connectivity index (χ4v) is 1.93. The SMILES string of the molecule is O=C(NCCNc1ccc(C(F)(F)F)cn1)C(O)c1ccccc1. The molecule has 24 heavy (non-hydrogen) atoms. The van der Waals surface area contributed by atoms with Crippen molar-refractivity contribution in [1.29, 1.82) is 0 Å². The van der Waals surface area contributed by atoms with Crippen LogP contribution in [0.4, 0.5) is 19.0 Å². The van der Waals surface area contributed by atoms with Gasteiger partial charge in [-0.2, -0.15) is 13.2 Å². The molecule has 0 radical (unpaired) electrons. The number of aromatic nitrogens is 1. The highest BCUT2D eigenvalue weighted by molar-refractivity contribution is 5.81. The molecule has 0 aliphatic carbocycles. The Balaban J connectivity index is 1.75. The van der Waals surface area contributed by atoms with Crippen LogP contribution < -0.4 is 10.6 Å². The number of nitrogens with one attached hydrogen (secondary N) is 2. The number of amides is 1. The van der Waals surface area contributed by atoms with E-state index in [-0.39, 0.29) is 18.9 Å². The molecule has 5 nitrogen and oxygen atoms in total. The maximum atomic E-state index is 12.4. The van der Waals surface area contributed by atoms with Gasteiger partial charge < -0.3 is 15.7 Å². The minimum Gasteiger partial charge on any atom is -0.378 e. The van der Waals surface area contributed by atoms with Crippen LogP contribution in [0.5, 0.6) is 0 Å². The number of alkyl halides is 3. The second-order valence-electron chi connectivity index (χ2n) is 4.96. The summed E-state index contributed by atoms with van der Waals surface area (Å²) in [7, 11) is 0. The molecule has 1 heterocycles. The smallest absolute Gasteiger partial charge is 0.378 e. The van der Waals surface area contributed by atoms with Gasteiger partial charge in [0.2, 0.25) is 0 Å². The van der Waals surface area contributed by atoms with Gasteiger partial charge in [0.1, 0.15) is 5.82 Å². The Morgan fingerprint density at radius 2 is 1.83 bits per heavy atom. The van der Waals surface area contributed by atoms with Crippen molar-refractivity contribution in [3.8, 4) is 0 Å². The summed E-state index contributed by atoms with van der Waals surface area (Å²) >= 11 is 0. The van der Waals surface area contributed by atoms with Gasteiger partial charge in [-0.25, -0.2) is 4.98 Å². The third kappa shape index (κ3) is 4.95. The summed E-state index contributed by atoms with van der Waals surface area (Å²) in [5.74, 6) is -0.288. The Kier molecular flexibility index (Phi) is 5.75. The van der Waals surface area contributed by atoms with E-state index >= 15 is 0 Å². The summed E-state index contributed by atoms with van der Waals surface area (Å²) in [6, 6.07) is 10.6. The van der Waals surface area contributed by atoms with E-state index in [1.807, 2.05) is 0 Å². The van der Waals surface area contributed by atoms with Gasteiger partial charge in [-0.1, -0.05) is 30.3 Å². The van der Waals surface area contributed by atoms with Gasteiger partial charge in [0, 0.05) is 19.3 Å². The molecule has 0 saturated carbocycles. The normalized spacial score (nSPS) is 12.5. The lowest BCUT2D eigenvalue weighted by atomic mass is 10.1. The number of aliphatic hydroxyl groups is 1. The Labute approximate surface area is 136 Å². The monoisotopic (exact) mass is 339 g/mol. The highest BCUT2D eigenvalue weighted by Gasteiger charge is 2.30. The molecule has 1 aromatic heterocycles. The molecule has 8 heteroatoms. The van der Waals surface area contributed by atoms with Crippen LogP contribution in [0.1, 0.15) is 17.2 Å². The van der Waals surface area contributed by atoms with Crippen molar-refractivity contribution in [3.05, 3.63) is 59.8 Å². The van der Waals surface area contributed by atoms with Crippen LogP contribution in [0, 0.1) is 0 Å². The largest absolute Gasteiger partial charge is 0.417 e. The summed E-state index contributed by atoms with van der Waals surface area (Å²) < 4.78 is 37.2. The summed E-state index contributed by atoms with van der Waals surface area (Å²) in [6.07, 6.45) is -4.96. The van der Waals surface area contributed by atoms with Crippen molar-refractivity contribution in [2.45, 2.75) is 12.3 Å². The number of halogens is 3. The molecule has 1 unspecified atom stereocenters. The van der Waals surface area contributed by atoms with Crippen LogP contribution >= 0.6 is 0 Å². The maximum absolute atomic E-state index is 12.4. The molecular formula is C16H16F3N3O2. The number of benzene rings is 1. The topological polar surface area (TPSA) is 74.2 Å². The van der Waals surface area contributed by atoms with Crippen LogP contribution in [-0.4, -0.2) is 29.1 Å². The summed E-state index contributed by atoms with van der Waals surface area (Å²) in [5.41, 5.74) is -0.347. The molecule has 2 rings (SSSR count). The quantitative estimate of drug-likeness (QED) is 0.707. The molecule has 1 atom stereocenters. The number of anilines is 1. The van der Waals surface area contributed by atoms with Gasteiger partial charge in [-0.3, -0.25) is 4.79 Å². The molecule has 0 fully saturated rings. The van der Waals surface area contributed by atoms with Crippen molar-refractivity contribution >= 4 is 11.7 Å². The zero-order valence-corrected chi connectivity index (χ0v) is 12.5. The molecule has 0 aliphatic heterocycles. The molecular weight excluding hydrogens is 323 g/mol. The molecule has 3 N–H and O–H groups in total. The average molecular weight is 339 g/mol. The number of pyridine rings is 1. The minimum atomic E-state index is -4.42. The van der Waals surface area contributed by atoms with Crippen LogP contribution in [0.2, 0.25) is 0 Å². The van der Waals surface area contributed by atoms with Crippen molar-refractivity contribution in [2.75, 3.05) is 18.4 Å². The summed E-state index contributed by atoms with van der Waals surface area (Å²) in [4.78, 5) is 15.4. The zero-order chi connectivity index (χ0) is 17.6. The van der Waals surface area contributed by atoms with Crippen LogP contribution in [0.15, 0.2) is 48.7 Å². The highest BCUT2D eigenvalue weighted by atomic mass is 19.4. The van der Waals surface area contributed by atoms with E-state index in [1.165, 1.54) is 6.07 Å². The first kappa shape index (κ1) is 17.7. The molecule has 1 amide bonds. The number of carbonyl (C=O) groups is 1. The second-order valence-corrected chi connectivity index (χ2v) is 4.96. The predicted octanol–water partition coefficient (Wildman–Crippen LogP) is 2.36. The van der Waals surface area contributed by atoms with Gasteiger partial charge in [-0.05, 0) is 17.7 Å². The third-order valence-corrected chi connectivity index (χ3v) is 3.18. The van der Waals surface area contributed by atoms with E-state index in [9.17, 15) is 23.1 Å². The highest BCUT2D eigenvalue weighted by Crippen LogP contribution is 2.28. The van der Waals surface area contributed by atoms with E-state index in [0.29, 0.717) is 5.56 Å². The minimum absolute atomic E-state index is 0.186. The van der Waals surface area contributed by atoms with Crippen LogP contribution in [-0.2, 0) is 11.0 Å². The number of hydrogen-bond acceptors (Lipinski definition) is 4. The lowest BCUT2D eigenvalue weighted by Gasteiger charge is -2.12. The Morgan fingerprint density at radius 1 is 1.12 bits per heavy atom. The van der Waals surface area contributed by atoms with Crippen molar-refractivity contribution in [2.24, 2.45) is 0 Å². The molecule has 0 spiro atoms. The van der Waals surface area contributed by atoms with E-state index in [1.54, 1.807) is 30.3 Å². The van der Waals surface area contributed by atoms with Crippen LogP contribution in [0.3, 0.4) is 0 Å². The van der Waals surface area contributed by atoms with Gasteiger partial charge in [0.05, 0.1) is 5.56 Å². The van der Waals surface area contributed by atoms with Gasteiger partial charge >= 0.3 is 6.18 Å². The Morgan fingerprint density at radius 3 is 2.42 bits per heavy atom. The molecule has 0 aliphatic rings. The van der Waals surface area contributed by atoms with Gasteiger partial charge in [-0.15, -0.1) is 0 Å². The first-order valence-electron chi connectivity index (χ1n) is 7.16. The molecule has 0 bridgehead atoms. The van der Waals surface area contributed by atoms with Crippen molar-refractivity contribution in [1.82, 2.24) is 10.3 Å². The predicted molar refractivity (Wildman–Crippen MR) is 82.1 cm³/mol. The molecule has 2 aromatic rings. The summed E-state index contributed by atoms with van der Waals surface area (Å²) in [5, 5.41) is 15.2. The standard InChI is InChI=1S/C16H16F3N3O2/c17-16(18,19)12-6-7-13(22-10-12)20-8-9-21-15(24)14(23)11-4-2-1-3-5-11/h1-7,10,14,23H,8-9H2,(H,20,22)(H,21,24). The lowest BCUT2D eigenvalue weighted by Crippen LogP contribution is -2.33. The zero-order valence-electron chi connectivity index (χ0n) is 12.5. The van der Waals surface area contributed by atoms with Gasteiger partial charge in [0.25, 0.3) is 5.91 Å². The first-order chi connectivity index (χ1) is 11.4. The number of rotatable bonds is 6. The average Bonchev–Trinajstić information content (AvgIpc) is 2.58. The van der Waals surface area contributed by atoms with Gasteiger partial charge in [0.15, 0.2) is 6.10 Å². The number of aliphatic hydroxyl groups excluding tert-OH is 1. The fraction of sp³-hybridized carbons (Fsp3) is 0.250. The first-order valence-corrected chi connectivity index (χ1v) is 7.16.